The van der Waals surface area contributed by atoms with Crippen LogP contribution in [0.15, 0.2) is 36.5 Å². The maximum absolute atomic E-state index is 12.4. The maximum Gasteiger partial charge on any atom is 0.305 e. The number of ether oxygens (including phenoxy) is 1. The topological polar surface area (TPSA) is 95.9 Å². The number of esters is 1. The Hall–Kier alpha value is -1.92. The average Bonchev–Trinajstić information content (AvgIpc) is 3.20. The summed E-state index contributed by atoms with van der Waals surface area (Å²) >= 11 is 0. The predicted molar refractivity (Wildman–Crippen MR) is 241 cm³/mol. The SMILES string of the molecule is CCCC/C=C\CCCCCCCC(=O)OCCCCCCCC/C=C\C/C=C\CCC(=O)NC(CO)C(O)CCCCCCCCCCCCCCCCC. The Bertz CT molecular complexity index is 915. The summed E-state index contributed by atoms with van der Waals surface area (Å²) in [5.74, 6) is -0.145. The van der Waals surface area contributed by atoms with Crippen LogP contribution < -0.4 is 5.32 Å². The summed E-state index contributed by atoms with van der Waals surface area (Å²) in [6, 6.07) is -0.585. The molecule has 0 saturated heterocycles. The van der Waals surface area contributed by atoms with E-state index in [1.54, 1.807) is 0 Å². The highest BCUT2D eigenvalue weighted by molar-refractivity contribution is 5.76. The molecule has 0 fully saturated rings. The van der Waals surface area contributed by atoms with Crippen LogP contribution in [0.2, 0.25) is 0 Å². The monoisotopic (exact) mass is 788 g/mol. The highest BCUT2D eigenvalue weighted by atomic mass is 16.5. The van der Waals surface area contributed by atoms with E-state index < -0.39 is 12.1 Å². The molecule has 6 nitrogen and oxygen atoms in total. The molecule has 0 saturated carbocycles. The van der Waals surface area contributed by atoms with Crippen LogP contribution in [0.25, 0.3) is 0 Å². The second-order valence-electron chi connectivity index (χ2n) is 16.4. The van der Waals surface area contributed by atoms with Gasteiger partial charge in [0.2, 0.25) is 5.91 Å². The minimum Gasteiger partial charge on any atom is -0.466 e. The number of nitrogens with one attached hydrogen (secondary N) is 1. The highest BCUT2D eigenvalue weighted by Gasteiger charge is 2.19. The van der Waals surface area contributed by atoms with E-state index >= 15 is 0 Å². The maximum atomic E-state index is 12.4. The van der Waals surface area contributed by atoms with Crippen molar-refractivity contribution >= 4 is 11.9 Å². The van der Waals surface area contributed by atoms with E-state index in [0.717, 1.165) is 51.4 Å². The van der Waals surface area contributed by atoms with Crippen molar-refractivity contribution in [2.75, 3.05) is 13.2 Å². The third kappa shape index (κ3) is 41.7. The molecule has 0 aliphatic carbocycles. The molecule has 1 amide bonds. The van der Waals surface area contributed by atoms with Gasteiger partial charge in [0.25, 0.3) is 0 Å². The van der Waals surface area contributed by atoms with Gasteiger partial charge in [-0.05, 0) is 64.2 Å². The first kappa shape index (κ1) is 54.1. The second-order valence-corrected chi connectivity index (χ2v) is 16.4. The smallest absolute Gasteiger partial charge is 0.305 e. The molecule has 0 heterocycles. The number of aliphatic hydroxyl groups is 2. The van der Waals surface area contributed by atoms with Crippen LogP contribution in [-0.4, -0.2) is 47.4 Å². The molecule has 0 aromatic rings. The lowest BCUT2D eigenvalue weighted by atomic mass is 10.0. The van der Waals surface area contributed by atoms with Gasteiger partial charge in [-0.15, -0.1) is 0 Å². The zero-order chi connectivity index (χ0) is 40.8. The Morgan fingerprint density at radius 2 is 0.929 bits per heavy atom. The van der Waals surface area contributed by atoms with Crippen LogP contribution in [0.1, 0.15) is 245 Å². The summed E-state index contributed by atoms with van der Waals surface area (Å²) in [6.07, 6.45) is 54.0. The fraction of sp³-hybridized carbons (Fsp3) is 0.840. The van der Waals surface area contributed by atoms with Crippen LogP contribution in [-0.2, 0) is 14.3 Å². The Morgan fingerprint density at radius 1 is 0.500 bits per heavy atom. The molecule has 328 valence electrons. The summed E-state index contributed by atoms with van der Waals surface area (Å²) in [5.41, 5.74) is 0. The second kappa shape index (κ2) is 45.8. The first-order valence-electron chi connectivity index (χ1n) is 24.2. The van der Waals surface area contributed by atoms with Crippen molar-refractivity contribution in [2.24, 2.45) is 0 Å². The number of rotatable bonds is 44. The fourth-order valence-electron chi connectivity index (χ4n) is 7.14. The van der Waals surface area contributed by atoms with Crippen molar-refractivity contribution in [2.45, 2.75) is 257 Å². The van der Waals surface area contributed by atoms with Crippen LogP contribution >= 0.6 is 0 Å². The molecule has 0 rings (SSSR count). The van der Waals surface area contributed by atoms with E-state index in [2.05, 4.69) is 49.5 Å². The van der Waals surface area contributed by atoms with E-state index in [9.17, 15) is 19.8 Å². The molecule has 0 aliphatic heterocycles. The van der Waals surface area contributed by atoms with E-state index in [0.29, 0.717) is 32.3 Å². The molecule has 0 aromatic carbocycles. The van der Waals surface area contributed by atoms with Crippen molar-refractivity contribution in [3.05, 3.63) is 36.5 Å². The molecule has 0 spiro atoms. The molecular formula is C50H93NO5. The summed E-state index contributed by atoms with van der Waals surface area (Å²) < 4.78 is 5.42. The van der Waals surface area contributed by atoms with Crippen molar-refractivity contribution in [1.29, 1.82) is 0 Å². The molecule has 0 bridgehead atoms. The van der Waals surface area contributed by atoms with Gasteiger partial charge in [0.1, 0.15) is 0 Å². The first-order valence-corrected chi connectivity index (χ1v) is 24.2. The Kier molecular flexibility index (Phi) is 44.2. The van der Waals surface area contributed by atoms with Gasteiger partial charge in [0.15, 0.2) is 0 Å². The number of hydrogen-bond acceptors (Lipinski definition) is 5. The molecule has 0 radical (unpaired) electrons. The lowest BCUT2D eigenvalue weighted by Crippen LogP contribution is -2.45. The largest absolute Gasteiger partial charge is 0.466 e. The number of hydrogen-bond donors (Lipinski definition) is 3. The van der Waals surface area contributed by atoms with Crippen LogP contribution in [0.3, 0.4) is 0 Å². The lowest BCUT2D eigenvalue weighted by Gasteiger charge is -2.22. The fourth-order valence-corrected chi connectivity index (χ4v) is 7.14. The number of unbranched alkanes of at least 4 members (excludes halogenated alkanes) is 27. The summed E-state index contributed by atoms with van der Waals surface area (Å²) in [4.78, 5) is 24.3. The van der Waals surface area contributed by atoms with Gasteiger partial charge in [-0.1, -0.05) is 204 Å². The van der Waals surface area contributed by atoms with Gasteiger partial charge in [-0.25, -0.2) is 0 Å². The standard InChI is InChI=1S/C50H93NO5/c1-3-5-7-9-11-13-15-16-17-19-23-26-30-34-38-42-48(53)47(46-52)51-49(54)43-39-35-31-27-24-20-18-21-25-29-33-37-41-45-56-50(55)44-40-36-32-28-22-14-12-10-8-6-4-2/h10,12,20,24,31,35,47-48,52-53H,3-9,11,13-19,21-23,25-30,32-34,36-46H2,1-2H3,(H,51,54)/b12-10-,24-20-,35-31-. The number of carbonyl (C=O) groups excluding carboxylic acids is 2. The Morgan fingerprint density at radius 3 is 1.46 bits per heavy atom. The number of aliphatic hydroxyl groups excluding tert-OH is 2. The first-order chi connectivity index (χ1) is 27.5. The zero-order valence-corrected chi connectivity index (χ0v) is 37.1. The highest BCUT2D eigenvalue weighted by Crippen LogP contribution is 2.15. The normalized spacial score (nSPS) is 13.0. The molecule has 56 heavy (non-hydrogen) atoms. The third-order valence-corrected chi connectivity index (χ3v) is 10.9. The van der Waals surface area contributed by atoms with Gasteiger partial charge in [0, 0.05) is 12.8 Å². The molecule has 0 aliphatic rings. The van der Waals surface area contributed by atoms with Crippen molar-refractivity contribution in [1.82, 2.24) is 5.32 Å². The van der Waals surface area contributed by atoms with Crippen LogP contribution in [0, 0.1) is 0 Å². The van der Waals surface area contributed by atoms with E-state index in [1.807, 2.05) is 6.08 Å². The van der Waals surface area contributed by atoms with Gasteiger partial charge in [0.05, 0.1) is 25.4 Å². The Balaban J connectivity index is 3.58. The minimum atomic E-state index is -0.699. The van der Waals surface area contributed by atoms with E-state index in [1.165, 1.54) is 154 Å². The Labute approximate surface area is 347 Å². The van der Waals surface area contributed by atoms with Gasteiger partial charge in [-0.2, -0.15) is 0 Å². The molecule has 2 atom stereocenters. The third-order valence-electron chi connectivity index (χ3n) is 10.9. The predicted octanol–water partition coefficient (Wildman–Crippen LogP) is 14.1. The lowest BCUT2D eigenvalue weighted by molar-refractivity contribution is -0.143. The zero-order valence-electron chi connectivity index (χ0n) is 37.1. The summed E-state index contributed by atoms with van der Waals surface area (Å²) in [5, 5.41) is 23.1. The van der Waals surface area contributed by atoms with Crippen molar-refractivity contribution < 1.29 is 24.5 Å². The minimum absolute atomic E-state index is 0.0287. The van der Waals surface area contributed by atoms with Crippen LogP contribution in [0.4, 0.5) is 0 Å². The molecule has 2 unspecified atom stereocenters. The van der Waals surface area contributed by atoms with Gasteiger partial charge in [-0.3, -0.25) is 9.59 Å². The number of carbonyl (C=O) groups is 2. The van der Waals surface area contributed by atoms with Crippen molar-refractivity contribution in [3.8, 4) is 0 Å². The summed E-state index contributed by atoms with van der Waals surface area (Å²) in [6.45, 7) is 4.84. The van der Waals surface area contributed by atoms with Crippen LogP contribution in [0.5, 0.6) is 0 Å². The number of amides is 1. The molecule has 0 aromatic heterocycles. The van der Waals surface area contributed by atoms with E-state index in [4.69, 9.17) is 4.74 Å². The van der Waals surface area contributed by atoms with Crippen molar-refractivity contribution in [3.63, 3.8) is 0 Å². The van der Waals surface area contributed by atoms with E-state index in [-0.39, 0.29) is 18.5 Å². The molecular weight excluding hydrogens is 695 g/mol. The van der Waals surface area contributed by atoms with Gasteiger partial charge >= 0.3 is 5.97 Å². The quantitative estimate of drug-likeness (QED) is 0.0325. The van der Waals surface area contributed by atoms with Gasteiger partial charge < -0.3 is 20.3 Å². The molecule has 3 N–H and O–H groups in total. The summed E-state index contributed by atoms with van der Waals surface area (Å²) in [7, 11) is 0. The molecule has 6 heteroatoms. The number of allylic oxidation sites excluding steroid dienone is 6. The average molecular weight is 788 g/mol.